The average Bonchev–Trinajstić information content (AvgIpc) is 3.42. The molecule has 1 amide bonds. The summed E-state index contributed by atoms with van der Waals surface area (Å²) in [6.45, 7) is 26.3. The minimum absolute atomic E-state index is 0.0521. The fourth-order valence-corrected chi connectivity index (χ4v) is 4.68. The molecule has 2 aliphatic carbocycles. The molecule has 0 spiro atoms. The second-order valence-corrected chi connectivity index (χ2v) is 10.9. The molecule has 0 aromatic heterocycles. The summed E-state index contributed by atoms with van der Waals surface area (Å²) in [6, 6.07) is 0. The number of nitrogens with one attached hydrogen (secondary N) is 1. The second-order valence-electron chi connectivity index (χ2n) is 10.9. The van der Waals surface area contributed by atoms with Gasteiger partial charge in [-0.3, -0.25) is 10.1 Å². The lowest BCUT2D eigenvalue weighted by atomic mass is 9.83. The highest BCUT2D eigenvalue weighted by molar-refractivity contribution is 5.72. The van der Waals surface area contributed by atoms with Crippen LogP contribution in [0, 0.1) is 17.8 Å². The van der Waals surface area contributed by atoms with E-state index < -0.39 is 12.1 Å². The van der Waals surface area contributed by atoms with Crippen molar-refractivity contribution in [1.82, 2.24) is 5.32 Å². The van der Waals surface area contributed by atoms with E-state index in [4.69, 9.17) is 9.84 Å². The minimum atomic E-state index is -0.605. The molecule has 0 aromatic rings. The Kier molecular flexibility index (Phi) is 17.4. The molecule has 5 heteroatoms. The Morgan fingerprint density at radius 2 is 1.53 bits per heavy atom. The van der Waals surface area contributed by atoms with Gasteiger partial charge in [0, 0.05) is 5.70 Å². The second kappa shape index (κ2) is 18.7. The van der Waals surface area contributed by atoms with E-state index in [1.54, 1.807) is 0 Å². The van der Waals surface area contributed by atoms with Crippen LogP contribution in [0.1, 0.15) is 114 Å². The SMILES string of the molecule is C=C(/C=C\C(C)=C(C)C)/C(C)=C(\NC(=O)OC(C)C1CCCC1)C(=C)C.CC.C[C@H]1CCCC(C(=O)O)C1. The van der Waals surface area contributed by atoms with Gasteiger partial charge in [-0.25, -0.2) is 4.79 Å². The van der Waals surface area contributed by atoms with Crippen molar-refractivity contribution in [2.75, 3.05) is 0 Å². The normalized spacial score (nSPS) is 20.6. The molecule has 5 nitrogen and oxygen atoms in total. The van der Waals surface area contributed by atoms with Gasteiger partial charge in [-0.2, -0.15) is 0 Å². The molecule has 2 rings (SSSR count). The van der Waals surface area contributed by atoms with Crippen LogP contribution in [0.5, 0.6) is 0 Å². The first-order valence-corrected chi connectivity index (χ1v) is 14.4. The van der Waals surface area contributed by atoms with Gasteiger partial charge >= 0.3 is 12.1 Å². The summed E-state index contributed by atoms with van der Waals surface area (Å²) >= 11 is 0. The number of alkyl carbamates (subject to hydrolysis) is 1. The monoisotopic (exact) mass is 529 g/mol. The van der Waals surface area contributed by atoms with Gasteiger partial charge in [0.05, 0.1) is 5.92 Å². The molecule has 0 bridgehead atoms. The quantitative estimate of drug-likeness (QED) is 0.307. The highest BCUT2D eigenvalue weighted by Gasteiger charge is 2.25. The topological polar surface area (TPSA) is 75.6 Å². The van der Waals surface area contributed by atoms with E-state index in [9.17, 15) is 9.59 Å². The maximum atomic E-state index is 12.3. The van der Waals surface area contributed by atoms with Crippen molar-refractivity contribution >= 4 is 12.1 Å². The molecule has 2 unspecified atom stereocenters. The van der Waals surface area contributed by atoms with E-state index >= 15 is 0 Å². The summed E-state index contributed by atoms with van der Waals surface area (Å²) in [7, 11) is 0. The van der Waals surface area contributed by atoms with Gasteiger partial charge in [0.2, 0.25) is 0 Å². The van der Waals surface area contributed by atoms with Gasteiger partial charge in [0.1, 0.15) is 6.10 Å². The minimum Gasteiger partial charge on any atom is -0.481 e. The van der Waals surface area contributed by atoms with E-state index in [-0.39, 0.29) is 12.0 Å². The van der Waals surface area contributed by atoms with Crippen molar-refractivity contribution in [2.45, 2.75) is 120 Å². The maximum absolute atomic E-state index is 12.3. The summed E-state index contributed by atoms with van der Waals surface area (Å²) in [5.74, 6) is 0.439. The Morgan fingerprint density at radius 1 is 0.947 bits per heavy atom. The molecule has 38 heavy (non-hydrogen) atoms. The van der Waals surface area contributed by atoms with Crippen LogP contribution in [0.2, 0.25) is 0 Å². The molecule has 0 saturated heterocycles. The first kappa shape index (κ1) is 35.4. The van der Waals surface area contributed by atoms with Crippen LogP contribution >= 0.6 is 0 Å². The largest absolute Gasteiger partial charge is 0.481 e. The van der Waals surface area contributed by atoms with Crippen molar-refractivity contribution < 1.29 is 19.4 Å². The van der Waals surface area contributed by atoms with Crippen LogP contribution in [0.4, 0.5) is 4.79 Å². The first-order valence-electron chi connectivity index (χ1n) is 14.4. The fourth-order valence-electron chi connectivity index (χ4n) is 4.68. The van der Waals surface area contributed by atoms with Gasteiger partial charge in [0.15, 0.2) is 0 Å². The van der Waals surface area contributed by atoms with E-state index in [0.717, 1.165) is 48.8 Å². The van der Waals surface area contributed by atoms with E-state index in [0.29, 0.717) is 17.5 Å². The van der Waals surface area contributed by atoms with E-state index in [1.807, 2.05) is 46.8 Å². The summed E-state index contributed by atoms with van der Waals surface area (Å²) in [5.41, 5.74) is 5.65. The smallest absolute Gasteiger partial charge is 0.411 e. The molecule has 2 aliphatic rings. The van der Waals surface area contributed by atoms with Crippen molar-refractivity contribution in [1.29, 1.82) is 0 Å². The Hall–Kier alpha value is -2.56. The standard InChI is InChI=1S/C23H35NO2.C8H14O2.C2H6/c1-15(2)17(5)13-14-18(6)19(7)22(16(3)4)24-23(25)26-20(8)21-11-9-10-12-21;1-6-3-2-4-7(5-6)8(9)10;1-2/h13-14,20-21H,3,6,9-12H2,1-2,4-5,7-8H3,(H,24,25);6-7H,2-5H2,1H3,(H,9,10);1-2H3/b14-13-,22-19-;;/t;6-,7?;/m.0./s1. The average molecular weight is 530 g/mol. The molecule has 3 atom stereocenters. The van der Waals surface area contributed by atoms with Crippen molar-refractivity contribution in [3.8, 4) is 0 Å². The third kappa shape index (κ3) is 13.3. The highest BCUT2D eigenvalue weighted by atomic mass is 16.6. The van der Waals surface area contributed by atoms with Crippen molar-refractivity contribution in [3.05, 3.63) is 58.9 Å². The lowest BCUT2D eigenvalue weighted by molar-refractivity contribution is -0.143. The summed E-state index contributed by atoms with van der Waals surface area (Å²) in [5, 5.41) is 11.5. The summed E-state index contributed by atoms with van der Waals surface area (Å²) < 4.78 is 5.59. The number of carbonyl (C=O) groups is 2. The zero-order chi connectivity index (χ0) is 29.4. The number of allylic oxidation sites excluding steroid dienone is 7. The molecule has 2 N–H and O–H groups in total. The van der Waals surface area contributed by atoms with Crippen molar-refractivity contribution in [3.63, 3.8) is 0 Å². The first-order chi connectivity index (χ1) is 17.8. The van der Waals surface area contributed by atoms with Crippen LogP contribution in [-0.4, -0.2) is 23.3 Å². The number of amides is 1. The number of aliphatic carboxylic acids is 1. The predicted octanol–water partition coefficient (Wildman–Crippen LogP) is 9.53. The fraction of sp³-hybridized carbons (Fsp3) is 0.636. The molecule has 0 heterocycles. The number of hydrogen-bond acceptors (Lipinski definition) is 3. The Labute approximate surface area is 233 Å². The number of hydrogen-bond donors (Lipinski definition) is 2. The molecular weight excluding hydrogens is 474 g/mol. The number of rotatable bonds is 8. The zero-order valence-corrected chi connectivity index (χ0v) is 25.7. The van der Waals surface area contributed by atoms with Crippen LogP contribution in [-0.2, 0) is 9.53 Å². The van der Waals surface area contributed by atoms with Crippen LogP contribution in [0.15, 0.2) is 58.9 Å². The lowest BCUT2D eigenvalue weighted by Crippen LogP contribution is -2.31. The molecule has 0 aliphatic heterocycles. The molecule has 2 fully saturated rings. The summed E-state index contributed by atoms with van der Waals surface area (Å²) in [6.07, 6.45) is 12.3. The lowest BCUT2D eigenvalue weighted by Gasteiger charge is -2.22. The van der Waals surface area contributed by atoms with Crippen molar-refractivity contribution in [2.24, 2.45) is 17.8 Å². The predicted molar refractivity (Wildman–Crippen MR) is 161 cm³/mol. The zero-order valence-electron chi connectivity index (χ0n) is 25.7. The molecule has 0 radical (unpaired) electrons. The van der Waals surface area contributed by atoms with Crippen LogP contribution in [0.3, 0.4) is 0 Å². The van der Waals surface area contributed by atoms with Gasteiger partial charge in [-0.15, -0.1) is 0 Å². The van der Waals surface area contributed by atoms with Gasteiger partial charge in [-0.1, -0.05) is 82.9 Å². The Bertz CT molecular complexity index is 883. The number of carbonyl (C=O) groups excluding carboxylic acids is 1. The van der Waals surface area contributed by atoms with Gasteiger partial charge < -0.3 is 9.84 Å². The third-order valence-electron chi connectivity index (χ3n) is 7.48. The van der Waals surface area contributed by atoms with Gasteiger partial charge in [0.25, 0.3) is 0 Å². The number of ether oxygens (including phenoxy) is 1. The van der Waals surface area contributed by atoms with Crippen LogP contribution < -0.4 is 5.32 Å². The number of carboxylic acid groups (broad SMARTS) is 1. The van der Waals surface area contributed by atoms with E-state index in [1.165, 1.54) is 30.4 Å². The molecular formula is C33H55NO4. The number of carboxylic acids is 1. The Balaban J connectivity index is 0.000000944. The maximum Gasteiger partial charge on any atom is 0.411 e. The van der Waals surface area contributed by atoms with Crippen LogP contribution in [0.25, 0.3) is 0 Å². The third-order valence-corrected chi connectivity index (χ3v) is 7.48. The summed E-state index contributed by atoms with van der Waals surface area (Å²) in [4.78, 5) is 22.8. The molecule has 216 valence electrons. The molecule has 2 saturated carbocycles. The van der Waals surface area contributed by atoms with Gasteiger partial charge in [-0.05, 0) is 95.8 Å². The Morgan fingerprint density at radius 3 is 1.97 bits per heavy atom. The molecule has 0 aromatic carbocycles. The highest BCUT2D eigenvalue weighted by Crippen LogP contribution is 2.29. The van der Waals surface area contributed by atoms with E-state index in [2.05, 4.69) is 46.2 Å².